The summed E-state index contributed by atoms with van der Waals surface area (Å²) in [6.07, 6.45) is 10.5. The molecule has 1 aliphatic carbocycles. The van der Waals surface area contributed by atoms with Gasteiger partial charge in [0.2, 0.25) is 0 Å². The minimum atomic E-state index is -0.182. The lowest BCUT2D eigenvalue weighted by molar-refractivity contribution is -0.142. The molecule has 0 aromatic carbocycles. The third-order valence-corrected chi connectivity index (χ3v) is 8.00. The molecule has 4 aliphatic rings. The Kier molecular flexibility index (Phi) is 8.66. The molecule has 1 atom stereocenters. The van der Waals surface area contributed by atoms with Crippen molar-refractivity contribution >= 4 is 12.1 Å². The molecule has 8 heteroatoms. The third kappa shape index (κ3) is 6.58. The second-order valence-electron chi connectivity index (χ2n) is 10.2. The molecule has 0 radical (unpaired) electrons. The highest BCUT2D eigenvalue weighted by Crippen LogP contribution is 2.28. The van der Waals surface area contributed by atoms with E-state index in [1.54, 1.807) is 0 Å². The Morgan fingerprint density at radius 3 is 2.34 bits per heavy atom. The monoisotopic (exact) mass is 450 g/mol. The van der Waals surface area contributed by atoms with Crippen LogP contribution in [-0.2, 0) is 14.3 Å². The van der Waals surface area contributed by atoms with Crippen LogP contribution in [0, 0.1) is 5.92 Å². The molecule has 4 rings (SSSR count). The summed E-state index contributed by atoms with van der Waals surface area (Å²) in [7, 11) is 1.43. The van der Waals surface area contributed by atoms with Crippen LogP contribution in [0.2, 0.25) is 0 Å². The van der Waals surface area contributed by atoms with Crippen LogP contribution < -0.4 is 0 Å². The van der Waals surface area contributed by atoms with Crippen LogP contribution in [0.4, 0.5) is 4.79 Å². The van der Waals surface area contributed by atoms with Crippen LogP contribution in [0.1, 0.15) is 51.4 Å². The van der Waals surface area contributed by atoms with Gasteiger partial charge in [0, 0.05) is 45.3 Å². The van der Waals surface area contributed by atoms with Gasteiger partial charge in [-0.3, -0.25) is 14.6 Å². The summed E-state index contributed by atoms with van der Waals surface area (Å²) in [6.45, 7) is 8.64. The topological polar surface area (TPSA) is 65.6 Å². The van der Waals surface area contributed by atoms with Crippen molar-refractivity contribution in [2.75, 3.05) is 72.6 Å². The Hall–Kier alpha value is -1.38. The molecule has 4 fully saturated rings. The van der Waals surface area contributed by atoms with E-state index in [0.29, 0.717) is 13.1 Å². The lowest BCUT2D eigenvalue weighted by atomic mass is 9.89. The number of hydrogen-bond acceptors (Lipinski definition) is 7. The number of esters is 1. The summed E-state index contributed by atoms with van der Waals surface area (Å²) in [5, 5.41) is 0. The van der Waals surface area contributed by atoms with Gasteiger partial charge in [-0.15, -0.1) is 0 Å². The number of methoxy groups -OCH3 is 1. The van der Waals surface area contributed by atoms with Crippen LogP contribution >= 0.6 is 0 Å². The van der Waals surface area contributed by atoms with Crippen molar-refractivity contribution in [2.45, 2.75) is 63.5 Å². The first kappa shape index (κ1) is 23.8. The van der Waals surface area contributed by atoms with Crippen molar-refractivity contribution in [3.8, 4) is 0 Å². The van der Waals surface area contributed by atoms with Crippen molar-refractivity contribution in [2.24, 2.45) is 5.92 Å². The molecule has 0 bridgehead atoms. The van der Waals surface area contributed by atoms with E-state index in [-0.39, 0.29) is 18.2 Å². The zero-order valence-corrected chi connectivity index (χ0v) is 19.9. The molecule has 1 amide bonds. The van der Waals surface area contributed by atoms with Crippen molar-refractivity contribution in [1.82, 2.24) is 19.6 Å². The number of piperidine rings is 1. The first-order chi connectivity index (χ1) is 15.6. The number of hydrogen-bond donors (Lipinski definition) is 0. The molecule has 1 saturated carbocycles. The predicted molar refractivity (Wildman–Crippen MR) is 123 cm³/mol. The van der Waals surface area contributed by atoms with Gasteiger partial charge in [-0.05, 0) is 51.1 Å². The molecule has 3 aliphatic heterocycles. The fourth-order valence-corrected chi connectivity index (χ4v) is 5.91. The van der Waals surface area contributed by atoms with E-state index < -0.39 is 0 Å². The molecule has 8 nitrogen and oxygen atoms in total. The van der Waals surface area contributed by atoms with Crippen molar-refractivity contribution in [1.29, 1.82) is 0 Å². The molecule has 1 unspecified atom stereocenters. The van der Waals surface area contributed by atoms with E-state index >= 15 is 0 Å². The molecular weight excluding hydrogens is 408 g/mol. The molecule has 182 valence electrons. The number of likely N-dealkylation sites (tertiary alicyclic amines) is 1. The SMILES string of the molecule is COC(=O)CN1CCN(CC2CN(CCC3CCN(C4CCCCC4)CC3)C(=O)O2)CC1. The van der Waals surface area contributed by atoms with E-state index in [1.165, 1.54) is 65.1 Å². The second kappa shape index (κ2) is 11.7. The van der Waals surface area contributed by atoms with Gasteiger partial charge in [-0.1, -0.05) is 19.3 Å². The van der Waals surface area contributed by atoms with Gasteiger partial charge in [0.15, 0.2) is 0 Å². The van der Waals surface area contributed by atoms with E-state index in [4.69, 9.17) is 9.47 Å². The lowest BCUT2D eigenvalue weighted by Gasteiger charge is -2.39. The average molecular weight is 451 g/mol. The number of cyclic esters (lactones) is 1. The number of nitrogens with zero attached hydrogens (tertiary/aromatic N) is 4. The molecule has 3 heterocycles. The number of carbonyl (C=O) groups excluding carboxylic acids is 2. The van der Waals surface area contributed by atoms with Crippen molar-refractivity contribution < 1.29 is 19.1 Å². The predicted octanol–water partition coefficient (Wildman–Crippen LogP) is 2.03. The molecule has 0 spiro atoms. The van der Waals surface area contributed by atoms with Gasteiger partial charge in [0.1, 0.15) is 6.10 Å². The molecule has 0 aromatic heterocycles. The molecule has 32 heavy (non-hydrogen) atoms. The van der Waals surface area contributed by atoms with Crippen LogP contribution in [0.5, 0.6) is 0 Å². The lowest BCUT2D eigenvalue weighted by Crippen LogP contribution is -2.50. The zero-order valence-electron chi connectivity index (χ0n) is 19.9. The zero-order chi connectivity index (χ0) is 22.3. The van der Waals surface area contributed by atoms with Crippen LogP contribution in [0.15, 0.2) is 0 Å². The van der Waals surface area contributed by atoms with E-state index in [9.17, 15) is 9.59 Å². The van der Waals surface area contributed by atoms with Crippen LogP contribution in [0.3, 0.4) is 0 Å². The molecular formula is C24H42N4O4. The second-order valence-corrected chi connectivity index (χ2v) is 10.2. The van der Waals surface area contributed by atoms with E-state index in [1.807, 2.05) is 4.90 Å². The number of carbonyl (C=O) groups is 2. The molecule has 0 aromatic rings. The first-order valence-corrected chi connectivity index (χ1v) is 12.8. The van der Waals surface area contributed by atoms with Gasteiger partial charge in [-0.25, -0.2) is 4.79 Å². The van der Waals surface area contributed by atoms with Gasteiger partial charge in [-0.2, -0.15) is 0 Å². The number of amides is 1. The summed E-state index contributed by atoms with van der Waals surface area (Å²) in [4.78, 5) is 32.9. The highest BCUT2D eigenvalue weighted by atomic mass is 16.6. The maximum Gasteiger partial charge on any atom is 0.410 e. The van der Waals surface area contributed by atoms with E-state index in [0.717, 1.165) is 57.6 Å². The molecule has 0 N–H and O–H groups in total. The Morgan fingerprint density at radius 2 is 1.66 bits per heavy atom. The summed E-state index contributed by atoms with van der Waals surface area (Å²) >= 11 is 0. The Morgan fingerprint density at radius 1 is 0.969 bits per heavy atom. The van der Waals surface area contributed by atoms with Gasteiger partial charge in [0.05, 0.1) is 20.2 Å². The molecule has 3 saturated heterocycles. The summed E-state index contributed by atoms with van der Waals surface area (Å²) in [5.74, 6) is 0.558. The fraction of sp³-hybridized carbons (Fsp3) is 0.917. The third-order valence-electron chi connectivity index (χ3n) is 8.00. The normalized spacial score (nSPS) is 27.6. The average Bonchev–Trinajstić information content (AvgIpc) is 3.18. The summed E-state index contributed by atoms with van der Waals surface area (Å²) in [6, 6.07) is 0.835. The highest BCUT2D eigenvalue weighted by Gasteiger charge is 2.34. The first-order valence-electron chi connectivity index (χ1n) is 12.8. The fourth-order valence-electron chi connectivity index (χ4n) is 5.91. The van der Waals surface area contributed by atoms with E-state index in [2.05, 4.69) is 14.7 Å². The van der Waals surface area contributed by atoms with Gasteiger partial charge in [0.25, 0.3) is 0 Å². The van der Waals surface area contributed by atoms with Crippen LogP contribution in [-0.4, -0.2) is 116 Å². The minimum Gasteiger partial charge on any atom is -0.468 e. The smallest absolute Gasteiger partial charge is 0.410 e. The summed E-state index contributed by atoms with van der Waals surface area (Å²) < 4.78 is 10.4. The number of rotatable bonds is 8. The summed E-state index contributed by atoms with van der Waals surface area (Å²) in [5.41, 5.74) is 0. The van der Waals surface area contributed by atoms with Gasteiger partial charge >= 0.3 is 12.1 Å². The number of ether oxygens (including phenoxy) is 2. The Balaban J connectivity index is 1.11. The van der Waals surface area contributed by atoms with Crippen molar-refractivity contribution in [3.63, 3.8) is 0 Å². The minimum absolute atomic E-state index is 0.0391. The van der Waals surface area contributed by atoms with Crippen molar-refractivity contribution in [3.05, 3.63) is 0 Å². The van der Waals surface area contributed by atoms with Crippen LogP contribution in [0.25, 0.3) is 0 Å². The largest absolute Gasteiger partial charge is 0.468 e. The quantitative estimate of drug-likeness (QED) is 0.524. The standard InChI is InChI=1S/C24H42N4O4/c1-31-23(29)19-26-15-13-25(14-16-26)17-22-18-28(24(30)32-22)12-9-20-7-10-27(11-8-20)21-5-3-2-4-6-21/h20-22H,2-19H2,1H3. The number of piperazine rings is 1. The maximum atomic E-state index is 12.4. The highest BCUT2D eigenvalue weighted by molar-refractivity contribution is 5.71. The maximum absolute atomic E-state index is 12.4. The Bertz CT molecular complexity index is 611. The Labute approximate surface area is 193 Å². The van der Waals surface area contributed by atoms with Gasteiger partial charge < -0.3 is 19.3 Å².